The third-order valence-corrected chi connectivity index (χ3v) is 4.18. The molecule has 2 heteroatoms. The number of hydrogen-bond acceptors (Lipinski definition) is 1. The molecule has 1 fully saturated rings. The van der Waals surface area contributed by atoms with Crippen molar-refractivity contribution >= 4 is 10.9 Å². The summed E-state index contributed by atoms with van der Waals surface area (Å²) in [7, 11) is 2.24. The van der Waals surface area contributed by atoms with Crippen LogP contribution in [-0.4, -0.2) is 29.6 Å². The molecule has 3 rings (SSSR count). The van der Waals surface area contributed by atoms with E-state index in [0.717, 1.165) is 5.92 Å². The molecule has 2 aromatic rings. The number of benzene rings is 1. The molecule has 2 heterocycles. The fourth-order valence-corrected chi connectivity index (χ4v) is 3.27. The Morgan fingerprint density at radius 1 is 1.28 bits per heavy atom. The van der Waals surface area contributed by atoms with E-state index in [-0.39, 0.29) is 0 Å². The van der Waals surface area contributed by atoms with Crippen molar-refractivity contribution in [1.29, 1.82) is 0 Å². The van der Waals surface area contributed by atoms with Gasteiger partial charge in [-0.1, -0.05) is 18.2 Å². The Bertz CT molecular complexity index is 541. The van der Waals surface area contributed by atoms with Crippen molar-refractivity contribution in [3.8, 4) is 0 Å². The minimum atomic E-state index is 0.804. The standard InChI is InChI=1S/C16H22N2/c1-13-10-15-7-3-4-8-16(15)18(13)12-14-6-5-9-17(2)11-14/h3-4,7-8,10,14H,5-6,9,11-12H2,1-2H3/t14-/m0/s1. The molecule has 18 heavy (non-hydrogen) atoms. The van der Waals surface area contributed by atoms with E-state index in [4.69, 9.17) is 0 Å². The number of piperidine rings is 1. The SMILES string of the molecule is Cc1cc2ccccc2n1C[C@H]1CCCN(C)C1. The van der Waals surface area contributed by atoms with Gasteiger partial charge >= 0.3 is 0 Å². The van der Waals surface area contributed by atoms with Crippen LogP contribution in [0.4, 0.5) is 0 Å². The van der Waals surface area contributed by atoms with Crippen molar-refractivity contribution in [3.63, 3.8) is 0 Å². The second-order valence-electron chi connectivity index (χ2n) is 5.73. The highest BCUT2D eigenvalue weighted by molar-refractivity contribution is 5.81. The normalized spacial score (nSPS) is 21.6. The molecule has 0 bridgehead atoms. The van der Waals surface area contributed by atoms with Gasteiger partial charge in [-0.25, -0.2) is 0 Å². The molecule has 0 spiro atoms. The molecule has 1 saturated heterocycles. The van der Waals surface area contributed by atoms with Gasteiger partial charge in [-0.2, -0.15) is 0 Å². The summed E-state index contributed by atoms with van der Waals surface area (Å²) in [5.74, 6) is 0.804. The van der Waals surface area contributed by atoms with Crippen LogP contribution in [0.1, 0.15) is 18.5 Å². The van der Waals surface area contributed by atoms with Crippen LogP contribution >= 0.6 is 0 Å². The predicted molar refractivity (Wildman–Crippen MR) is 76.9 cm³/mol. The Labute approximate surface area is 109 Å². The van der Waals surface area contributed by atoms with Crippen LogP contribution in [0.3, 0.4) is 0 Å². The fraction of sp³-hybridized carbons (Fsp3) is 0.500. The molecular weight excluding hydrogens is 220 g/mol. The summed E-state index contributed by atoms with van der Waals surface area (Å²) in [6, 6.07) is 11.0. The lowest BCUT2D eigenvalue weighted by Gasteiger charge is -2.30. The van der Waals surface area contributed by atoms with Crippen molar-refractivity contribution in [2.75, 3.05) is 20.1 Å². The van der Waals surface area contributed by atoms with Gasteiger partial charge in [0.05, 0.1) is 0 Å². The third-order valence-electron chi connectivity index (χ3n) is 4.18. The average molecular weight is 242 g/mol. The molecule has 0 radical (unpaired) electrons. The first kappa shape index (κ1) is 11.8. The number of likely N-dealkylation sites (tertiary alicyclic amines) is 1. The second-order valence-corrected chi connectivity index (χ2v) is 5.73. The van der Waals surface area contributed by atoms with Crippen LogP contribution in [-0.2, 0) is 6.54 Å². The van der Waals surface area contributed by atoms with Gasteiger partial charge in [-0.3, -0.25) is 0 Å². The number of para-hydroxylation sites is 1. The Morgan fingerprint density at radius 2 is 2.11 bits per heavy atom. The largest absolute Gasteiger partial charge is 0.345 e. The summed E-state index contributed by atoms with van der Waals surface area (Å²) in [6.07, 6.45) is 2.72. The number of rotatable bonds is 2. The lowest BCUT2D eigenvalue weighted by Crippen LogP contribution is -2.34. The highest BCUT2D eigenvalue weighted by Crippen LogP contribution is 2.23. The van der Waals surface area contributed by atoms with E-state index < -0.39 is 0 Å². The topological polar surface area (TPSA) is 8.17 Å². The quantitative estimate of drug-likeness (QED) is 0.784. The van der Waals surface area contributed by atoms with Gasteiger partial charge < -0.3 is 9.47 Å². The van der Waals surface area contributed by atoms with Gasteiger partial charge in [-0.05, 0) is 56.8 Å². The fourth-order valence-electron chi connectivity index (χ4n) is 3.27. The minimum absolute atomic E-state index is 0.804. The molecule has 0 aliphatic carbocycles. The van der Waals surface area contributed by atoms with Crippen LogP contribution in [0.25, 0.3) is 10.9 Å². The summed E-state index contributed by atoms with van der Waals surface area (Å²) >= 11 is 0. The zero-order valence-electron chi connectivity index (χ0n) is 11.4. The lowest BCUT2D eigenvalue weighted by molar-refractivity contribution is 0.195. The Morgan fingerprint density at radius 3 is 2.94 bits per heavy atom. The summed E-state index contributed by atoms with van der Waals surface area (Å²) in [5, 5.41) is 1.37. The average Bonchev–Trinajstić information content (AvgIpc) is 2.66. The van der Waals surface area contributed by atoms with E-state index in [0.29, 0.717) is 0 Å². The van der Waals surface area contributed by atoms with E-state index in [1.807, 2.05) is 0 Å². The summed E-state index contributed by atoms with van der Waals surface area (Å²) < 4.78 is 2.50. The first-order chi connectivity index (χ1) is 8.74. The zero-order valence-corrected chi connectivity index (χ0v) is 11.4. The van der Waals surface area contributed by atoms with E-state index >= 15 is 0 Å². The maximum Gasteiger partial charge on any atom is 0.0482 e. The summed E-state index contributed by atoms with van der Waals surface area (Å²) in [4.78, 5) is 2.47. The van der Waals surface area contributed by atoms with Crippen molar-refractivity contribution in [2.24, 2.45) is 5.92 Å². The van der Waals surface area contributed by atoms with Crippen molar-refractivity contribution in [3.05, 3.63) is 36.0 Å². The molecule has 96 valence electrons. The van der Waals surface area contributed by atoms with Crippen LogP contribution < -0.4 is 0 Å². The molecule has 2 nitrogen and oxygen atoms in total. The van der Waals surface area contributed by atoms with Crippen molar-refractivity contribution in [1.82, 2.24) is 9.47 Å². The van der Waals surface area contributed by atoms with Gasteiger partial charge in [0.1, 0.15) is 0 Å². The summed E-state index contributed by atoms with van der Waals surface area (Å²) in [6.45, 7) is 5.91. The molecule has 0 N–H and O–H groups in total. The van der Waals surface area contributed by atoms with Crippen molar-refractivity contribution < 1.29 is 0 Å². The molecular formula is C16H22N2. The third kappa shape index (κ3) is 2.17. The Kier molecular flexibility index (Phi) is 3.13. The maximum absolute atomic E-state index is 2.50. The summed E-state index contributed by atoms with van der Waals surface area (Å²) in [5.41, 5.74) is 2.78. The zero-order chi connectivity index (χ0) is 12.5. The van der Waals surface area contributed by atoms with Crippen LogP contribution in [0.15, 0.2) is 30.3 Å². The lowest BCUT2D eigenvalue weighted by atomic mass is 9.98. The van der Waals surface area contributed by atoms with Crippen LogP contribution in [0.5, 0.6) is 0 Å². The molecule has 0 amide bonds. The number of fused-ring (bicyclic) bond motifs is 1. The highest BCUT2D eigenvalue weighted by atomic mass is 15.1. The van der Waals surface area contributed by atoms with E-state index in [1.54, 1.807) is 0 Å². The molecule has 1 atom stereocenters. The Hall–Kier alpha value is -1.28. The molecule has 1 aromatic heterocycles. The van der Waals surface area contributed by atoms with Gasteiger partial charge in [0.15, 0.2) is 0 Å². The highest BCUT2D eigenvalue weighted by Gasteiger charge is 2.18. The molecule has 1 aliphatic heterocycles. The van der Waals surface area contributed by atoms with E-state index in [1.165, 1.54) is 49.1 Å². The number of hydrogen-bond donors (Lipinski definition) is 0. The molecule has 0 saturated carbocycles. The molecule has 1 aromatic carbocycles. The monoisotopic (exact) mass is 242 g/mol. The first-order valence-corrected chi connectivity index (χ1v) is 6.97. The van der Waals surface area contributed by atoms with Gasteiger partial charge in [0.2, 0.25) is 0 Å². The first-order valence-electron chi connectivity index (χ1n) is 6.97. The van der Waals surface area contributed by atoms with E-state index in [9.17, 15) is 0 Å². The molecule has 0 unspecified atom stereocenters. The van der Waals surface area contributed by atoms with Gasteiger partial charge in [0.25, 0.3) is 0 Å². The second kappa shape index (κ2) is 4.77. The van der Waals surface area contributed by atoms with Crippen LogP contribution in [0.2, 0.25) is 0 Å². The van der Waals surface area contributed by atoms with Gasteiger partial charge in [0, 0.05) is 24.3 Å². The van der Waals surface area contributed by atoms with Crippen LogP contribution in [0, 0.1) is 12.8 Å². The number of aromatic nitrogens is 1. The number of aryl methyl sites for hydroxylation is 1. The van der Waals surface area contributed by atoms with Crippen molar-refractivity contribution in [2.45, 2.75) is 26.3 Å². The maximum atomic E-state index is 2.50. The Balaban J connectivity index is 1.87. The van der Waals surface area contributed by atoms with E-state index in [2.05, 4.69) is 53.8 Å². The number of nitrogens with zero attached hydrogens (tertiary/aromatic N) is 2. The smallest absolute Gasteiger partial charge is 0.0482 e. The van der Waals surface area contributed by atoms with Gasteiger partial charge in [-0.15, -0.1) is 0 Å². The molecule has 1 aliphatic rings. The minimum Gasteiger partial charge on any atom is -0.345 e. The predicted octanol–water partition coefficient (Wildman–Crippen LogP) is 3.29.